The van der Waals surface area contributed by atoms with Gasteiger partial charge in [0.2, 0.25) is 11.8 Å². The Bertz CT molecular complexity index is 1340. The van der Waals surface area contributed by atoms with Crippen molar-refractivity contribution >= 4 is 23.3 Å². The van der Waals surface area contributed by atoms with Gasteiger partial charge in [0.25, 0.3) is 0 Å². The Morgan fingerprint density at radius 2 is 1.83 bits per heavy atom. The molecule has 3 N–H and O–H groups in total. The number of aromatic hydroxyl groups is 1. The van der Waals surface area contributed by atoms with Crippen LogP contribution in [0, 0.1) is 36.9 Å². The maximum atomic E-state index is 13.9. The molecule has 2 amide bonds. The van der Waals surface area contributed by atoms with Crippen LogP contribution in [0.2, 0.25) is 0 Å². The first-order valence-electron chi connectivity index (χ1n) is 11.8. The monoisotopic (exact) mass is 489 g/mol. The van der Waals surface area contributed by atoms with Gasteiger partial charge in [-0.15, -0.1) is 0 Å². The number of hydrogen-bond acceptors (Lipinski definition) is 5. The zero-order valence-corrected chi connectivity index (χ0v) is 20.2. The van der Waals surface area contributed by atoms with Crippen LogP contribution in [0.5, 0.6) is 5.75 Å². The molecule has 4 rings (SSSR count). The molecule has 8 nitrogen and oxygen atoms in total. The highest BCUT2D eigenvalue weighted by atomic mass is 19.1. The third-order valence-electron chi connectivity index (χ3n) is 6.64. The number of piperidine rings is 1. The highest BCUT2D eigenvalue weighted by Gasteiger charge is 2.27. The molecule has 0 aliphatic carbocycles. The molecule has 2 heterocycles. The van der Waals surface area contributed by atoms with Crippen molar-refractivity contribution in [3.05, 3.63) is 71.2 Å². The van der Waals surface area contributed by atoms with Gasteiger partial charge in [-0.2, -0.15) is 5.26 Å². The number of halogens is 1. The zero-order valence-electron chi connectivity index (χ0n) is 20.2. The summed E-state index contributed by atoms with van der Waals surface area (Å²) in [5.41, 5.74) is 2.69. The van der Waals surface area contributed by atoms with E-state index in [-0.39, 0.29) is 30.0 Å². The van der Waals surface area contributed by atoms with Crippen LogP contribution in [0.1, 0.15) is 29.7 Å². The number of rotatable bonds is 6. The van der Waals surface area contributed by atoms with Crippen LogP contribution in [-0.4, -0.2) is 46.0 Å². The Morgan fingerprint density at radius 1 is 1.11 bits per heavy atom. The molecule has 2 aromatic carbocycles. The molecule has 0 unspecified atom stereocenters. The summed E-state index contributed by atoms with van der Waals surface area (Å²) in [4.78, 5) is 27.5. The normalized spacial score (nSPS) is 14.3. The number of hydrogen-bond donors (Lipinski definition) is 3. The molecule has 1 aliphatic heterocycles. The number of likely N-dealkylation sites (tertiary alicyclic amines) is 1. The first-order chi connectivity index (χ1) is 17.3. The number of carbonyl (C=O) groups excluding carboxylic acids is 2. The zero-order chi connectivity index (χ0) is 25.8. The average molecular weight is 490 g/mol. The van der Waals surface area contributed by atoms with E-state index in [1.807, 2.05) is 11.8 Å². The smallest absolute Gasteiger partial charge is 0.239 e. The highest BCUT2D eigenvalue weighted by Crippen LogP contribution is 2.30. The van der Waals surface area contributed by atoms with E-state index >= 15 is 0 Å². The van der Waals surface area contributed by atoms with Gasteiger partial charge in [-0.3, -0.25) is 19.1 Å². The number of phenols is 1. The number of phenolic OH excluding ortho intramolecular Hbond substituents is 1. The minimum atomic E-state index is -0.413. The Hall–Kier alpha value is -4.16. The maximum Gasteiger partial charge on any atom is 0.239 e. The average Bonchev–Trinajstić information content (AvgIpc) is 3.09. The molecule has 0 bridgehead atoms. The predicted octanol–water partition coefficient (Wildman–Crippen LogP) is 4.10. The predicted molar refractivity (Wildman–Crippen MR) is 134 cm³/mol. The lowest BCUT2D eigenvalue weighted by molar-refractivity contribution is -0.121. The summed E-state index contributed by atoms with van der Waals surface area (Å²) in [6, 6.07) is 14.7. The summed E-state index contributed by atoms with van der Waals surface area (Å²) in [5.74, 6) is -0.741. The first-order valence-corrected chi connectivity index (χ1v) is 11.8. The fraction of sp³-hybridized carbons (Fsp3) is 0.296. The van der Waals surface area contributed by atoms with Gasteiger partial charge >= 0.3 is 0 Å². The fourth-order valence-electron chi connectivity index (χ4n) is 4.54. The van der Waals surface area contributed by atoms with Gasteiger partial charge in [0, 0.05) is 11.6 Å². The van der Waals surface area contributed by atoms with E-state index < -0.39 is 5.82 Å². The van der Waals surface area contributed by atoms with Gasteiger partial charge in [-0.25, -0.2) is 4.39 Å². The quantitative estimate of drug-likeness (QED) is 0.452. The summed E-state index contributed by atoms with van der Waals surface area (Å²) < 4.78 is 15.6. The lowest BCUT2D eigenvalue weighted by Crippen LogP contribution is -2.42. The van der Waals surface area contributed by atoms with Crippen LogP contribution in [0.3, 0.4) is 0 Å². The number of nitrogens with zero attached hydrogens (tertiary/aromatic N) is 3. The molecule has 1 saturated heterocycles. The van der Waals surface area contributed by atoms with Crippen molar-refractivity contribution in [3.8, 4) is 17.5 Å². The standard InChI is InChI=1S/C27H28FN5O3/c1-17-18(2)33(21-7-5-6-20(28)14-21)26(22(17)15-29)31-25(35)16-32-12-10-19(11-13-32)27(36)30-23-8-3-4-9-24(23)34/h3-9,14,19,34H,10-13,16H2,1-2H3,(H,30,36)(H,31,35). The number of amides is 2. The van der Waals surface area contributed by atoms with Gasteiger partial charge in [-0.05, 0) is 75.7 Å². The number of nitriles is 1. The summed E-state index contributed by atoms with van der Waals surface area (Å²) in [7, 11) is 0. The van der Waals surface area contributed by atoms with E-state index in [0.717, 1.165) is 5.69 Å². The largest absolute Gasteiger partial charge is 0.506 e. The third kappa shape index (κ3) is 5.24. The van der Waals surface area contributed by atoms with Crippen LogP contribution in [0.15, 0.2) is 48.5 Å². The number of nitrogens with one attached hydrogen (secondary N) is 2. The molecule has 1 fully saturated rings. The molecule has 1 aromatic heterocycles. The van der Waals surface area contributed by atoms with E-state index in [0.29, 0.717) is 54.3 Å². The molecule has 1 aliphatic rings. The van der Waals surface area contributed by atoms with Gasteiger partial charge in [0.15, 0.2) is 0 Å². The van der Waals surface area contributed by atoms with Crippen LogP contribution in [0.25, 0.3) is 5.69 Å². The molecule has 3 aromatic rings. The van der Waals surface area contributed by atoms with E-state index in [2.05, 4.69) is 16.7 Å². The molecule has 0 saturated carbocycles. The Morgan fingerprint density at radius 3 is 2.50 bits per heavy atom. The molecule has 36 heavy (non-hydrogen) atoms. The summed E-state index contributed by atoms with van der Waals surface area (Å²) in [6.45, 7) is 4.83. The molecular formula is C27H28FN5O3. The van der Waals surface area contributed by atoms with Crippen molar-refractivity contribution in [2.24, 2.45) is 5.92 Å². The lowest BCUT2D eigenvalue weighted by atomic mass is 9.95. The number of carbonyl (C=O) groups is 2. The Kier molecular flexibility index (Phi) is 7.36. The second kappa shape index (κ2) is 10.6. The van der Waals surface area contributed by atoms with Crippen LogP contribution >= 0.6 is 0 Å². The van der Waals surface area contributed by atoms with Crippen molar-refractivity contribution in [2.45, 2.75) is 26.7 Å². The maximum absolute atomic E-state index is 13.9. The van der Waals surface area contributed by atoms with Crippen molar-refractivity contribution in [1.82, 2.24) is 9.47 Å². The lowest BCUT2D eigenvalue weighted by Gasteiger charge is -2.30. The third-order valence-corrected chi connectivity index (χ3v) is 6.64. The van der Waals surface area contributed by atoms with Crippen molar-refractivity contribution in [3.63, 3.8) is 0 Å². The van der Waals surface area contributed by atoms with E-state index in [1.165, 1.54) is 18.2 Å². The number of para-hydroxylation sites is 2. The van der Waals surface area contributed by atoms with Crippen LogP contribution in [0.4, 0.5) is 15.9 Å². The summed E-state index contributed by atoms with van der Waals surface area (Å²) in [6.07, 6.45) is 1.15. The molecule has 0 atom stereocenters. The van der Waals surface area contributed by atoms with Crippen molar-refractivity contribution in [2.75, 3.05) is 30.3 Å². The van der Waals surface area contributed by atoms with E-state index in [1.54, 1.807) is 41.8 Å². The molecular weight excluding hydrogens is 461 g/mol. The molecule has 0 spiro atoms. The Balaban J connectivity index is 1.40. The second-order valence-electron chi connectivity index (χ2n) is 8.97. The topological polar surface area (TPSA) is 110 Å². The second-order valence-corrected chi connectivity index (χ2v) is 8.97. The van der Waals surface area contributed by atoms with Gasteiger partial charge in [0.05, 0.1) is 23.5 Å². The molecule has 0 radical (unpaired) electrons. The van der Waals surface area contributed by atoms with E-state index in [9.17, 15) is 24.3 Å². The van der Waals surface area contributed by atoms with Gasteiger partial charge < -0.3 is 15.7 Å². The SMILES string of the molecule is Cc1c(C#N)c(NC(=O)CN2CCC(C(=O)Nc3ccccc3O)CC2)n(-c2cccc(F)c2)c1C. The number of anilines is 2. The van der Waals surface area contributed by atoms with Gasteiger partial charge in [0.1, 0.15) is 23.5 Å². The number of benzene rings is 2. The fourth-order valence-corrected chi connectivity index (χ4v) is 4.54. The first kappa shape index (κ1) is 24.9. The van der Waals surface area contributed by atoms with Gasteiger partial charge in [-0.1, -0.05) is 18.2 Å². The highest BCUT2D eigenvalue weighted by molar-refractivity contribution is 5.95. The van der Waals surface area contributed by atoms with Crippen LogP contribution in [-0.2, 0) is 9.59 Å². The minimum Gasteiger partial charge on any atom is -0.506 e. The minimum absolute atomic E-state index is 0.0187. The van der Waals surface area contributed by atoms with E-state index in [4.69, 9.17) is 0 Å². The van der Waals surface area contributed by atoms with Crippen LogP contribution < -0.4 is 10.6 Å². The number of aromatic nitrogens is 1. The van der Waals surface area contributed by atoms with Crippen molar-refractivity contribution in [1.29, 1.82) is 5.26 Å². The molecule has 186 valence electrons. The summed E-state index contributed by atoms with van der Waals surface area (Å²) >= 11 is 0. The van der Waals surface area contributed by atoms with Crippen molar-refractivity contribution < 1.29 is 19.1 Å². The Labute approximate surface area is 209 Å². The summed E-state index contributed by atoms with van der Waals surface area (Å²) in [5, 5.41) is 25.2. The molecule has 9 heteroatoms.